The second-order valence-electron chi connectivity index (χ2n) is 3.99. The first-order chi connectivity index (χ1) is 7.06. The predicted molar refractivity (Wildman–Crippen MR) is 67.8 cm³/mol. The van der Waals surface area contributed by atoms with Crippen LogP contribution in [0.25, 0.3) is 5.57 Å². The van der Waals surface area contributed by atoms with Crippen molar-refractivity contribution in [2.75, 3.05) is 14.1 Å². The first-order valence-electron chi connectivity index (χ1n) is 5.14. The van der Waals surface area contributed by atoms with E-state index in [-0.39, 0.29) is 0 Å². The van der Waals surface area contributed by atoms with Crippen LogP contribution in [0.5, 0.6) is 0 Å². The van der Waals surface area contributed by atoms with Gasteiger partial charge in [-0.05, 0) is 37.7 Å². The van der Waals surface area contributed by atoms with Crippen molar-refractivity contribution in [2.24, 2.45) is 0 Å². The summed E-state index contributed by atoms with van der Waals surface area (Å²) in [5.74, 6) is 0. The van der Waals surface area contributed by atoms with Crippen LogP contribution in [0.4, 0.5) is 0 Å². The van der Waals surface area contributed by atoms with Crippen molar-refractivity contribution in [3.63, 3.8) is 0 Å². The monoisotopic (exact) mass is 201 g/mol. The number of nitrogens with zero attached hydrogens (tertiary/aromatic N) is 1. The maximum atomic E-state index is 3.92. The van der Waals surface area contributed by atoms with Crippen molar-refractivity contribution >= 4 is 5.57 Å². The average molecular weight is 201 g/mol. The Labute approximate surface area is 92.7 Å². The first kappa shape index (κ1) is 11.7. The van der Waals surface area contributed by atoms with E-state index >= 15 is 0 Å². The van der Waals surface area contributed by atoms with Crippen molar-refractivity contribution in [1.29, 1.82) is 0 Å². The molecule has 0 aliphatic heterocycles. The van der Waals surface area contributed by atoms with Crippen LogP contribution in [0.3, 0.4) is 0 Å². The van der Waals surface area contributed by atoms with E-state index in [2.05, 4.69) is 63.3 Å². The number of hydrogen-bond acceptors (Lipinski definition) is 1. The summed E-state index contributed by atoms with van der Waals surface area (Å²) in [4.78, 5) is 2.19. The average Bonchev–Trinajstić information content (AvgIpc) is 2.27. The van der Waals surface area contributed by atoms with Gasteiger partial charge >= 0.3 is 0 Å². The van der Waals surface area contributed by atoms with Crippen LogP contribution in [0.2, 0.25) is 0 Å². The lowest BCUT2D eigenvalue weighted by molar-refractivity contribution is 0.321. The summed E-state index contributed by atoms with van der Waals surface area (Å²) in [5.41, 5.74) is 3.43. The molecule has 0 heterocycles. The molecule has 0 aliphatic rings. The van der Waals surface area contributed by atoms with Gasteiger partial charge in [-0.1, -0.05) is 43.5 Å². The molecular weight excluding hydrogens is 182 g/mol. The molecule has 0 spiro atoms. The smallest absolute Gasteiger partial charge is 0.0313 e. The highest BCUT2D eigenvalue weighted by atomic mass is 15.1. The second kappa shape index (κ2) is 4.94. The lowest BCUT2D eigenvalue weighted by atomic mass is 10.0. The van der Waals surface area contributed by atoms with Crippen molar-refractivity contribution < 1.29 is 0 Å². The zero-order valence-electron chi connectivity index (χ0n) is 9.83. The normalized spacial score (nSPS) is 12.5. The fourth-order valence-electron chi connectivity index (χ4n) is 1.39. The van der Waals surface area contributed by atoms with Crippen LogP contribution < -0.4 is 0 Å². The highest BCUT2D eigenvalue weighted by molar-refractivity contribution is 5.71. The van der Waals surface area contributed by atoms with E-state index in [0.717, 1.165) is 11.1 Å². The molecule has 0 amide bonds. The van der Waals surface area contributed by atoms with Gasteiger partial charge in [-0.3, -0.25) is 0 Å². The molecule has 0 radical (unpaired) electrons. The Hall–Kier alpha value is -1.34. The number of rotatable bonds is 4. The molecular formula is C14H19N. The summed E-state index contributed by atoms with van der Waals surface area (Å²) in [7, 11) is 4.17. The molecule has 1 heteroatoms. The summed E-state index contributed by atoms with van der Waals surface area (Å²) >= 11 is 0. The minimum absolute atomic E-state index is 0.441. The molecule has 1 aromatic rings. The molecule has 0 bridgehead atoms. The van der Waals surface area contributed by atoms with Gasteiger partial charge in [0, 0.05) is 6.04 Å². The highest BCUT2D eigenvalue weighted by Gasteiger charge is 2.06. The topological polar surface area (TPSA) is 3.24 Å². The summed E-state index contributed by atoms with van der Waals surface area (Å²) in [6.07, 6.45) is 1.78. The molecule has 1 rings (SSSR count). The Morgan fingerprint density at radius 2 is 1.80 bits per heavy atom. The van der Waals surface area contributed by atoms with E-state index in [1.54, 1.807) is 6.08 Å². The van der Waals surface area contributed by atoms with Crippen molar-refractivity contribution in [3.05, 3.63) is 54.6 Å². The van der Waals surface area contributed by atoms with Gasteiger partial charge in [0.2, 0.25) is 0 Å². The highest BCUT2D eigenvalue weighted by Crippen LogP contribution is 2.20. The third-order valence-electron chi connectivity index (χ3n) is 2.78. The fraction of sp³-hybridized carbons (Fsp3) is 0.286. The minimum Gasteiger partial charge on any atom is -0.303 e. The zero-order chi connectivity index (χ0) is 11.4. The van der Waals surface area contributed by atoms with Crippen LogP contribution in [-0.2, 0) is 0 Å². The first-order valence-corrected chi connectivity index (χ1v) is 5.14. The number of hydrogen-bond donors (Lipinski definition) is 0. The molecule has 1 nitrogen and oxygen atoms in total. The lowest BCUT2D eigenvalue weighted by Gasteiger charge is -2.20. The van der Waals surface area contributed by atoms with E-state index in [0.29, 0.717) is 6.04 Å². The zero-order valence-corrected chi connectivity index (χ0v) is 9.83. The van der Waals surface area contributed by atoms with Crippen LogP contribution in [-0.4, -0.2) is 19.0 Å². The Bertz CT molecular complexity index is 346. The van der Waals surface area contributed by atoms with Crippen molar-refractivity contribution in [2.45, 2.75) is 13.0 Å². The second-order valence-corrected chi connectivity index (χ2v) is 3.99. The van der Waals surface area contributed by atoms with Gasteiger partial charge in [0.25, 0.3) is 0 Å². The van der Waals surface area contributed by atoms with E-state index in [1.165, 1.54) is 5.56 Å². The molecule has 1 unspecified atom stereocenters. The Morgan fingerprint density at radius 3 is 2.20 bits per heavy atom. The Balaban J connectivity index is 2.90. The van der Waals surface area contributed by atoms with Crippen LogP contribution >= 0.6 is 0 Å². The third kappa shape index (κ3) is 2.80. The largest absolute Gasteiger partial charge is 0.303 e. The molecule has 0 fully saturated rings. The van der Waals surface area contributed by atoms with Crippen molar-refractivity contribution in [3.8, 4) is 0 Å². The molecule has 0 aromatic heterocycles. The van der Waals surface area contributed by atoms with Crippen LogP contribution in [0.1, 0.15) is 24.1 Å². The maximum absolute atomic E-state index is 3.92. The lowest BCUT2D eigenvalue weighted by Crippen LogP contribution is -2.16. The number of benzene rings is 1. The minimum atomic E-state index is 0.441. The molecule has 0 aliphatic carbocycles. The molecule has 1 atom stereocenters. The molecule has 0 saturated heterocycles. The number of allylic oxidation sites excluding steroid dienone is 2. The van der Waals surface area contributed by atoms with Crippen LogP contribution in [0, 0.1) is 0 Å². The molecule has 15 heavy (non-hydrogen) atoms. The van der Waals surface area contributed by atoms with Gasteiger partial charge in [-0.15, -0.1) is 0 Å². The van der Waals surface area contributed by atoms with Crippen molar-refractivity contribution in [1.82, 2.24) is 4.90 Å². The van der Waals surface area contributed by atoms with Gasteiger partial charge in [-0.2, -0.15) is 0 Å². The Morgan fingerprint density at radius 1 is 1.27 bits per heavy atom. The molecule has 1 aromatic carbocycles. The van der Waals surface area contributed by atoms with Gasteiger partial charge in [0.1, 0.15) is 0 Å². The van der Waals surface area contributed by atoms with Gasteiger partial charge in [0.05, 0.1) is 0 Å². The SMILES string of the molecule is C=CC(=C)c1ccc(C(C)N(C)C)cc1. The van der Waals surface area contributed by atoms with Gasteiger partial charge < -0.3 is 4.90 Å². The fourth-order valence-corrected chi connectivity index (χ4v) is 1.39. The Kier molecular flexibility index (Phi) is 3.87. The molecule has 80 valence electrons. The van der Waals surface area contributed by atoms with E-state index < -0.39 is 0 Å². The predicted octanol–water partition coefficient (Wildman–Crippen LogP) is 3.51. The summed E-state index contributed by atoms with van der Waals surface area (Å²) in [6, 6.07) is 8.93. The molecule has 0 N–H and O–H groups in total. The quantitative estimate of drug-likeness (QED) is 0.674. The standard InChI is InChI=1S/C14H19N/c1-6-11(2)13-7-9-14(10-8-13)12(3)15(4)5/h6-10,12H,1-2H2,3-5H3. The van der Waals surface area contributed by atoms with Gasteiger partial charge in [0.15, 0.2) is 0 Å². The van der Waals surface area contributed by atoms with E-state index in [4.69, 9.17) is 0 Å². The summed E-state index contributed by atoms with van der Waals surface area (Å²) in [5, 5.41) is 0. The van der Waals surface area contributed by atoms with Crippen LogP contribution in [0.15, 0.2) is 43.5 Å². The molecule has 0 saturated carbocycles. The maximum Gasteiger partial charge on any atom is 0.0313 e. The van der Waals surface area contributed by atoms with E-state index in [9.17, 15) is 0 Å². The van der Waals surface area contributed by atoms with Gasteiger partial charge in [-0.25, -0.2) is 0 Å². The van der Waals surface area contributed by atoms with E-state index in [1.807, 2.05) is 0 Å². The summed E-state index contributed by atoms with van der Waals surface area (Å²) < 4.78 is 0. The third-order valence-corrected chi connectivity index (χ3v) is 2.78. The summed E-state index contributed by atoms with van der Waals surface area (Å²) in [6.45, 7) is 9.83.